The number of ether oxygens (including phenoxy) is 2. The van der Waals surface area contributed by atoms with Gasteiger partial charge in [-0.1, -0.05) is 12.0 Å². The van der Waals surface area contributed by atoms with Gasteiger partial charge in [0.2, 0.25) is 5.13 Å². The summed E-state index contributed by atoms with van der Waals surface area (Å²) >= 11 is 1.13. The lowest BCUT2D eigenvalue weighted by atomic mass is 10.3. The Morgan fingerprint density at radius 1 is 1.45 bits per heavy atom. The van der Waals surface area contributed by atoms with Crippen molar-refractivity contribution in [3.63, 3.8) is 0 Å². The van der Waals surface area contributed by atoms with Gasteiger partial charge >= 0.3 is 6.03 Å². The number of rotatable bonds is 6. The Balaban J connectivity index is 2.15. The second kappa shape index (κ2) is 6.33. The van der Waals surface area contributed by atoms with Crippen LogP contribution in [0, 0.1) is 0 Å². The maximum absolute atomic E-state index is 12.2. The van der Waals surface area contributed by atoms with E-state index in [4.69, 9.17) is 9.47 Å². The smallest absolute Gasteiger partial charge is 0.328 e. The largest absolute Gasteiger partial charge is 0.469 e. The van der Waals surface area contributed by atoms with Gasteiger partial charge in [0.15, 0.2) is 6.23 Å². The lowest BCUT2D eigenvalue weighted by molar-refractivity contribution is 0.0633. The second-order valence-electron chi connectivity index (χ2n) is 4.40. The molecule has 0 spiro atoms. The number of anilines is 1. The number of carbonyl (C=O) groups excluding carboxylic acids is 1. The molecule has 1 fully saturated rings. The fourth-order valence-electron chi connectivity index (χ4n) is 1.91. The highest BCUT2D eigenvalue weighted by Gasteiger charge is 2.45. The lowest BCUT2D eigenvalue weighted by Crippen LogP contribution is -2.39. The summed E-state index contributed by atoms with van der Waals surface area (Å²) in [6.07, 6.45) is -0.154. The van der Waals surface area contributed by atoms with E-state index >= 15 is 0 Å². The Labute approximate surface area is 120 Å². The van der Waals surface area contributed by atoms with Crippen LogP contribution in [0.15, 0.2) is 0 Å². The first kappa shape index (κ1) is 14.9. The lowest BCUT2D eigenvalue weighted by Gasteiger charge is -2.19. The maximum atomic E-state index is 12.2. The Bertz CT molecular complexity index is 469. The van der Waals surface area contributed by atoms with Crippen molar-refractivity contribution in [3.8, 4) is 5.19 Å². The average molecular weight is 302 g/mol. The first-order chi connectivity index (χ1) is 9.60. The van der Waals surface area contributed by atoms with Gasteiger partial charge in [0.25, 0.3) is 5.19 Å². The molecule has 2 amide bonds. The zero-order valence-corrected chi connectivity index (χ0v) is 12.5. The van der Waals surface area contributed by atoms with Crippen molar-refractivity contribution < 1.29 is 19.4 Å². The van der Waals surface area contributed by atoms with Gasteiger partial charge in [0.1, 0.15) is 6.04 Å². The average Bonchev–Trinajstić information content (AvgIpc) is 2.96. The molecule has 0 bridgehead atoms. The number of nitrogens with zero attached hydrogens (tertiary/aromatic N) is 4. The maximum Gasteiger partial charge on any atom is 0.328 e. The van der Waals surface area contributed by atoms with Gasteiger partial charge in [0.05, 0.1) is 13.2 Å². The zero-order chi connectivity index (χ0) is 14.7. The van der Waals surface area contributed by atoms with E-state index in [1.165, 1.54) is 16.9 Å². The summed E-state index contributed by atoms with van der Waals surface area (Å²) in [6, 6.07) is -0.769. The molecule has 2 heterocycles. The van der Waals surface area contributed by atoms with E-state index in [0.717, 1.165) is 17.8 Å². The Hall–Kier alpha value is -1.45. The minimum Gasteiger partial charge on any atom is -0.469 e. The summed E-state index contributed by atoms with van der Waals surface area (Å²) < 4.78 is 10.4. The van der Waals surface area contributed by atoms with E-state index in [2.05, 4.69) is 10.2 Å². The number of likely N-dealkylation sites (N-methyl/N-ethyl adjacent to an activating group) is 1. The van der Waals surface area contributed by atoms with E-state index < -0.39 is 12.3 Å². The van der Waals surface area contributed by atoms with Crippen molar-refractivity contribution in [2.24, 2.45) is 0 Å². The van der Waals surface area contributed by atoms with Gasteiger partial charge in [-0.05, 0) is 17.8 Å². The van der Waals surface area contributed by atoms with Crippen LogP contribution in [0.3, 0.4) is 0 Å². The molecule has 1 saturated heterocycles. The first-order valence-electron chi connectivity index (χ1n) is 6.29. The van der Waals surface area contributed by atoms with Crippen molar-refractivity contribution >= 4 is 22.5 Å². The predicted molar refractivity (Wildman–Crippen MR) is 73.0 cm³/mol. The third-order valence-electron chi connectivity index (χ3n) is 2.98. The molecular formula is C11H18N4O4S. The van der Waals surface area contributed by atoms with E-state index in [1.54, 1.807) is 7.05 Å². The van der Waals surface area contributed by atoms with Gasteiger partial charge in [-0.2, -0.15) is 0 Å². The highest BCUT2D eigenvalue weighted by molar-refractivity contribution is 7.17. The summed E-state index contributed by atoms with van der Waals surface area (Å²) in [5, 5.41) is 18.7. The molecular weight excluding hydrogens is 284 g/mol. The van der Waals surface area contributed by atoms with Crippen LogP contribution in [0.2, 0.25) is 0 Å². The molecule has 8 nitrogen and oxygen atoms in total. The molecule has 20 heavy (non-hydrogen) atoms. The van der Waals surface area contributed by atoms with Crippen molar-refractivity contribution in [3.05, 3.63) is 0 Å². The number of hydrogen-bond acceptors (Lipinski definition) is 7. The number of aliphatic hydroxyl groups is 1. The molecule has 2 unspecified atom stereocenters. The van der Waals surface area contributed by atoms with Crippen LogP contribution in [-0.4, -0.2) is 65.9 Å². The van der Waals surface area contributed by atoms with Gasteiger partial charge < -0.3 is 19.5 Å². The first-order valence-corrected chi connectivity index (χ1v) is 7.11. The summed E-state index contributed by atoms with van der Waals surface area (Å²) in [5.41, 5.74) is 0. The molecule has 1 aliphatic heterocycles. The fourth-order valence-corrected chi connectivity index (χ4v) is 2.65. The normalized spacial score (nSPS) is 22.7. The SMILES string of the molecule is CCCOc1nnc(N2C(=O)N(C)C(COC)C2O)s1. The molecule has 1 aromatic rings. The molecule has 2 rings (SSSR count). The molecule has 1 aliphatic rings. The molecule has 9 heteroatoms. The van der Waals surface area contributed by atoms with Crippen molar-refractivity contribution in [2.75, 3.05) is 32.3 Å². The molecule has 112 valence electrons. The number of aromatic nitrogens is 2. The van der Waals surface area contributed by atoms with Crippen LogP contribution in [0.25, 0.3) is 0 Å². The third kappa shape index (κ3) is 2.69. The van der Waals surface area contributed by atoms with Crippen molar-refractivity contribution in [1.29, 1.82) is 0 Å². The molecule has 1 N–H and O–H groups in total. The highest BCUT2D eigenvalue weighted by atomic mass is 32.1. The minimum atomic E-state index is -1.01. The summed E-state index contributed by atoms with van der Waals surface area (Å²) in [6.45, 7) is 2.77. The summed E-state index contributed by atoms with van der Waals surface area (Å²) in [5.74, 6) is 0. The van der Waals surface area contributed by atoms with Gasteiger partial charge in [-0.25, -0.2) is 9.69 Å². The zero-order valence-electron chi connectivity index (χ0n) is 11.6. The van der Waals surface area contributed by atoms with Gasteiger partial charge in [-0.15, -0.1) is 5.10 Å². The number of hydrogen-bond donors (Lipinski definition) is 1. The van der Waals surface area contributed by atoms with Crippen LogP contribution >= 0.6 is 11.3 Å². The quantitative estimate of drug-likeness (QED) is 0.825. The van der Waals surface area contributed by atoms with E-state index in [1.807, 2.05) is 6.92 Å². The second-order valence-corrected chi connectivity index (χ2v) is 5.32. The van der Waals surface area contributed by atoms with Gasteiger partial charge in [0, 0.05) is 14.2 Å². The number of methoxy groups -OCH3 is 1. The Kier molecular flexibility index (Phi) is 4.73. The van der Waals surface area contributed by atoms with Gasteiger partial charge in [-0.3, -0.25) is 0 Å². The highest BCUT2D eigenvalue weighted by Crippen LogP contribution is 2.32. The Morgan fingerprint density at radius 2 is 2.20 bits per heavy atom. The van der Waals surface area contributed by atoms with E-state index in [9.17, 15) is 9.90 Å². The third-order valence-corrected chi connectivity index (χ3v) is 3.82. The predicted octanol–water partition coefficient (Wildman–Crippen LogP) is 0.532. The number of carbonyl (C=O) groups is 1. The summed E-state index contributed by atoms with van der Waals surface area (Å²) in [4.78, 5) is 14.8. The van der Waals surface area contributed by atoms with Crippen molar-refractivity contribution in [2.45, 2.75) is 25.6 Å². The molecule has 0 radical (unpaired) electrons. The van der Waals surface area contributed by atoms with Crippen LogP contribution in [-0.2, 0) is 4.74 Å². The van der Waals surface area contributed by atoms with Crippen LogP contribution in [0.5, 0.6) is 5.19 Å². The molecule has 0 aliphatic carbocycles. The molecule has 1 aromatic heterocycles. The monoisotopic (exact) mass is 302 g/mol. The molecule has 2 atom stereocenters. The standard InChI is InChI=1S/C11H18N4O4S/c1-4-5-19-10-13-12-9(20-10)15-8(16)7(6-18-3)14(2)11(15)17/h7-8,16H,4-6H2,1-3H3. The van der Waals surface area contributed by atoms with E-state index in [0.29, 0.717) is 16.9 Å². The number of amides is 2. The summed E-state index contributed by atoms with van der Waals surface area (Å²) in [7, 11) is 3.14. The number of aliphatic hydroxyl groups excluding tert-OH is 1. The van der Waals surface area contributed by atoms with Crippen molar-refractivity contribution in [1.82, 2.24) is 15.1 Å². The van der Waals surface area contributed by atoms with E-state index in [-0.39, 0.29) is 12.6 Å². The van der Waals surface area contributed by atoms with Crippen LogP contribution in [0.4, 0.5) is 9.93 Å². The molecule has 0 saturated carbocycles. The van der Waals surface area contributed by atoms with Crippen LogP contribution in [0.1, 0.15) is 13.3 Å². The number of urea groups is 1. The Morgan fingerprint density at radius 3 is 2.85 bits per heavy atom. The minimum absolute atomic E-state index is 0.248. The topological polar surface area (TPSA) is 88.0 Å². The molecule has 0 aromatic carbocycles. The fraction of sp³-hybridized carbons (Fsp3) is 0.727. The van der Waals surface area contributed by atoms with Crippen LogP contribution < -0.4 is 9.64 Å².